The van der Waals surface area contributed by atoms with Gasteiger partial charge in [-0.15, -0.1) is 0 Å². The Morgan fingerprint density at radius 1 is 1.67 bits per heavy atom. The van der Waals surface area contributed by atoms with Gasteiger partial charge in [0.05, 0.1) is 0 Å². The van der Waals surface area contributed by atoms with Crippen molar-refractivity contribution in [2.75, 3.05) is 31.2 Å². The summed E-state index contributed by atoms with van der Waals surface area (Å²) in [5, 5.41) is 3.79. The predicted octanol–water partition coefficient (Wildman–Crippen LogP) is 1.89. The molecule has 1 fully saturated rings. The summed E-state index contributed by atoms with van der Waals surface area (Å²) in [5.41, 5.74) is 5.80. The van der Waals surface area contributed by atoms with Gasteiger partial charge in [-0.1, -0.05) is 18.3 Å². The number of hydrogen-bond acceptors (Lipinski definition) is 5. The van der Waals surface area contributed by atoms with Gasteiger partial charge in [0, 0.05) is 20.1 Å². The van der Waals surface area contributed by atoms with Crippen LogP contribution in [0.15, 0.2) is 0 Å². The molecule has 18 heavy (non-hydrogen) atoms. The Kier molecular flexibility index (Phi) is 3.75. The van der Waals surface area contributed by atoms with Gasteiger partial charge in [-0.3, -0.25) is 4.79 Å². The number of anilines is 2. The second-order valence-corrected chi connectivity index (χ2v) is 5.92. The molecule has 1 saturated carbocycles. The third-order valence-corrected chi connectivity index (χ3v) is 4.32. The van der Waals surface area contributed by atoms with Gasteiger partial charge >= 0.3 is 0 Å². The highest BCUT2D eigenvalue weighted by molar-refractivity contribution is 7.18. The number of carbonyl (C=O) groups excluding carboxylic acids is 1. The molecule has 2 rings (SSSR count). The molecule has 3 N–H and O–H groups in total. The van der Waals surface area contributed by atoms with E-state index in [1.807, 2.05) is 14.0 Å². The molecular weight excluding hydrogens is 248 g/mol. The molecule has 100 valence electrons. The van der Waals surface area contributed by atoms with Gasteiger partial charge in [-0.05, 0) is 25.2 Å². The second-order valence-electron chi connectivity index (χ2n) is 4.92. The van der Waals surface area contributed by atoms with E-state index in [4.69, 9.17) is 5.73 Å². The maximum absolute atomic E-state index is 12.2. The smallest absolute Gasteiger partial charge is 0.267 e. The van der Waals surface area contributed by atoms with Gasteiger partial charge in [0.25, 0.3) is 5.91 Å². The summed E-state index contributed by atoms with van der Waals surface area (Å²) in [4.78, 5) is 18.7. The van der Waals surface area contributed by atoms with Crippen LogP contribution in [0, 0.1) is 11.8 Å². The van der Waals surface area contributed by atoms with E-state index in [1.165, 1.54) is 17.8 Å². The number of nitrogens with zero attached hydrogens (tertiary/aromatic N) is 2. The van der Waals surface area contributed by atoms with Crippen molar-refractivity contribution in [3.05, 3.63) is 4.88 Å². The number of thiazole rings is 1. The average molecular weight is 268 g/mol. The lowest BCUT2D eigenvalue weighted by atomic mass is 10.3. The molecular formula is C12H20N4OS. The van der Waals surface area contributed by atoms with Crippen molar-refractivity contribution >= 4 is 28.2 Å². The lowest BCUT2D eigenvalue weighted by Gasteiger charge is -2.15. The van der Waals surface area contributed by atoms with Crippen LogP contribution in [0.4, 0.5) is 10.9 Å². The molecule has 1 aliphatic rings. The van der Waals surface area contributed by atoms with Crippen molar-refractivity contribution in [3.8, 4) is 0 Å². The van der Waals surface area contributed by atoms with Gasteiger partial charge in [0.15, 0.2) is 5.13 Å². The molecule has 2 unspecified atom stereocenters. The molecule has 2 atom stereocenters. The highest BCUT2D eigenvalue weighted by Crippen LogP contribution is 2.38. The second kappa shape index (κ2) is 5.14. The molecule has 6 heteroatoms. The van der Waals surface area contributed by atoms with Crippen LogP contribution >= 0.6 is 11.3 Å². The molecule has 1 aromatic heterocycles. The van der Waals surface area contributed by atoms with Crippen molar-refractivity contribution < 1.29 is 4.79 Å². The van der Waals surface area contributed by atoms with Gasteiger partial charge in [0.1, 0.15) is 10.7 Å². The Balaban J connectivity index is 2.02. The summed E-state index contributed by atoms with van der Waals surface area (Å²) in [7, 11) is 1.83. The normalized spacial score (nSPS) is 21.7. The number of nitrogens with two attached hydrogens (primary N) is 1. The lowest BCUT2D eigenvalue weighted by Crippen LogP contribution is -2.29. The van der Waals surface area contributed by atoms with E-state index >= 15 is 0 Å². The quantitative estimate of drug-likeness (QED) is 0.855. The molecule has 0 aliphatic heterocycles. The Labute approximate surface area is 111 Å². The van der Waals surface area contributed by atoms with Crippen LogP contribution in [-0.4, -0.2) is 35.9 Å². The van der Waals surface area contributed by atoms with Crippen LogP contribution < -0.4 is 11.1 Å². The summed E-state index contributed by atoms with van der Waals surface area (Å²) in [6, 6.07) is 0. The Morgan fingerprint density at radius 3 is 2.89 bits per heavy atom. The number of rotatable bonds is 5. The zero-order chi connectivity index (χ0) is 13.3. The third kappa shape index (κ3) is 2.75. The molecule has 0 bridgehead atoms. The highest BCUT2D eigenvalue weighted by atomic mass is 32.1. The van der Waals surface area contributed by atoms with E-state index < -0.39 is 0 Å². The van der Waals surface area contributed by atoms with Crippen LogP contribution in [0.3, 0.4) is 0 Å². The SMILES string of the molecule is CCNc1nc(N)c(C(=O)N(C)CC2CC2C)s1. The minimum Gasteiger partial charge on any atom is -0.382 e. The van der Waals surface area contributed by atoms with Gasteiger partial charge in [-0.2, -0.15) is 0 Å². The van der Waals surface area contributed by atoms with Crippen LogP contribution in [0.1, 0.15) is 29.9 Å². The first-order valence-corrected chi connectivity index (χ1v) is 7.10. The van der Waals surface area contributed by atoms with E-state index in [1.54, 1.807) is 4.90 Å². The van der Waals surface area contributed by atoms with Crippen LogP contribution in [0.2, 0.25) is 0 Å². The standard InChI is InChI=1S/C12H20N4OS/c1-4-14-12-15-10(13)9(18-12)11(17)16(3)6-8-5-7(8)2/h7-8H,4-6,13H2,1-3H3,(H,14,15). The number of nitrogens with one attached hydrogen (secondary N) is 1. The highest BCUT2D eigenvalue weighted by Gasteiger charge is 2.34. The Morgan fingerprint density at radius 2 is 2.33 bits per heavy atom. The fourth-order valence-corrected chi connectivity index (χ4v) is 2.92. The zero-order valence-corrected chi connectivity index (χ0v) is 11.9. The predicted molar refractivity (Wildman–Crippen MR) is 74.9 cm³/mol. The van der Waals surface area contributed by atoms with Gasteiger partial charge in [-0.25, -0.2) is 4.98 Å². The average Bonchev–Trinajstić information content (AvgIpc) is 2.86. The van der Waals surface area contributed by atoms with Crippen LogP contribution in [0.5, 0.6) is 0 Å². The maximum Gasteiger partial charge on any atom is 0.267 e. The van der Waals surface area contributed by atoms with Crippen LogP contribution in [-0.2, 0) is 0 Å². The first-order valence-electron chi connectivity index (χ1n) is 6.28. The molecule has 0 radical (unpaired) electrons. The summed E-state index contributed by atoms with van der Waals surface area (Å²) >= 11 is 1.33. The number of nitrogen functional groups attached to an aromatic ring is 1. The lowest BCUT2D eigenvalue weighted by molar-refractivity contribution is 0.0792. The number of hydrogen-bond donors (Lipinski definition) is 2. The molecule has 0 saturated heterocycles. The van der Waals surface area contributed by atoms with Crippen molar-refractivity contribution in [2.45, 2.75) is 20.3 Å². The Hall–Kier alpha value is -1.30. The largest absolute Gasteiger partial charge is 0.382 e. The summed E-state index contributed by atoms with van der Waals surface area (Å²) in [5.74, 6) is 1.71. The fourth-order valence-electron chi connectivity index (χ4n) is 1.97. The molecule has 5 nitrogen and oxygen atoms in total. The monoisotopic (exact) mass is 268 g/mol. The third-order valence-electron chi connectivity index (χ3n) is 3.31. The maximum atomic E-state index is 12.2. The van der Waals surface area contributed by atoms with E-state index in [0.29, 0.717) is 21.7 Å². The van der Waals surface area contributed by atoms with Crippen molar-refractivity contribution in [1.82, 2.24) is 9.88 Å². The molecule has 0 spiro atoms. The summed E-state index contributed by atoms with van der Waals surface area (Å²) < 4.78 is 0. The Bertz CT molecular complexity index is 445. The summed E-state index contributed by atoms with van der Waals surface area (Å²) in [6.07, 6.45) is 1.22. The zero-order valence-electron chi connectivity index (χ0n) is 11.1. The number of carbonyl (C=O) groups is 1. The van der Waals surface area contributed by atoms with Crippen molar-refractivity contribution in [2.24, 2.45) is 11.8 Å². The van der Waals surface area contributed by atoms with Crippen LogP contribution in [0.25, 0.3) is 0 Å². The molecule has 1 aliphatic carbocycles. The first-order chi connectivity index (χ1) is 8.52. The minimum atomic E-state index is -0.0201. The van der Waals surface area contributed by atoms with Gasteiger partial charge < -0.3 is 16.0 Å². The fraction of sp³-hybridized carbons (Fsp3) is 0.667. The van der Waals surface area contributed by atoms with Gasteiger partial charge in [0.2, 0.25) is 0 Å². The van der Waals surface area contributed by atoms with E-state index in [2.05, 4.69) is 17.2 Å². The van der Waals surface area contributed by atoms with E-state index in [9.17, 15) is 4.79 Å². The number of amides is 1. The molecule has 0 aromatic carbocycles. The molecule has 1 amide bonds. The van der Waals surface area contributed by atoms with Crippen molar-refractivity contribution in [3.63, 3.8) is 0 Å². The summed E-state index contributed by atoms with van der Waals surface area (Å²) in [6.45, 7) is 5.79. The topological polar surface area (TPSA) is 71.2 Å². The first kappa shape index (κ1) is 13.1. The number of aromatic nitrogens is 1. The molecule has 1 heterocycles. The minimum absolute atomic E-state index is 0.0201. The van der Waals surface area contributed by atoms with E-state index in [0.717, 1.165) is 19.0 Å². The van der Waals surface area contributed by atoms with E-state index in [-0.39, 0.29) is 5.91 Å². The molecule has 1 aromatic rings. The van der Waals surface area contributed by atoms with Crippen molar-refractivity contribution in [1.29, 1.82) is 0 Å².